The zero-order valence-corrected chi connectivity index (χ0v) is 13.2. The van der Waals surface area contributed by atoms with Crippen LogP contribution in [0.4, 0.5) is 4.39 Å². The fourth-order valence-corrected chi connectivity index (χ4v) is 3.63. The Morgan fingerprint density at radius 1 is 1.41 bits per heavy atom. The van der Waals surface area contributed by atoms with Crippen molar-refractivity contribution in [3.8, 4) is 5.75 Å². The first kappa shape index (κ1) is 15.3. The number of amides is 1. The molecular formula is C17H23FN2O2. The van der Waals surface area contributed by atoms with Crippen molar-refractivity contribution >= 4 is 5.91 Å². The molecule has 0 unspecified atom stereocenters. The molecule has 120 valence electrons. The van der Waals surface area contributed by atoms with Crippen LogP contribution in [0.5, 0.6) is 5.75 Å². The minimum absolute atomic E-state index is 0.0245. The van der Waals surface area contributed by atoms with Crippen molar-refractivity contribution in [2.75, 3.05) is 26.7 Å². The zero-order valence-electron chi connectivity index (χ0n) is 13.2. The maximum atomic E-state index is 13.5. The number of fused-ring (bicyclic) bond motifs is 2. The summed E-state index contributed by atoms with van der Waals surface area (Å²) in [5, 5.41) is 0. The number of carbonyl (C=O) groups excluding carboxylic acids is 1. The second-order valence-corrected chi connectivity index (χ2v) is 6.22. The Bertz CT molecular complexity index is 564. The predicted octanol–water partition coefficient (Wildman–Crippen LogP) is 2.28. The highest BCUT2D eigenvalue weighted by molar-refractivity contribution is 5.83. The molecule has 3 rings (SSSR count). The molecule has 0 saturated carbocycles. The molecule has 2 bridgehead atoms. The van der Waals surface area contributed by atoms with E-state index >= 15 is 0 Å². The van der Waals surface area contributed by atoms with Gasteiger partial charge in [0.2, 0.25) is 5.91 Å². The third kappa shape index (κ3) is 2.82. The summed E-state index contributed by atoms with van der Waals surface area (Å²) in [4.78, 5) is 16.7. The van der Waals surface area contributed by atoms with Crippen LogP contribution in [-0.2, 0) is 11.3 Å². The van der Waals surface area contributed by atoms with Crippen LogP contribution in [0.3, 0.4) is 0 Å². The minimum atomic E-state index is -0.351. The molecule has 0 aromatic heterocycles. The lowest BCUT2D eigenvalue weighted by Crippen LogP contribution is -2.58. The van der Waals surface area contributed by atoms with Gasteiger partial charge in [-0.1, -0.05) is 6.07 Å². The number of likely N-dealkylation sites (tertiary alicyclic amines) is 2. The maximum Gasteiger partial charge on any atom is 0.239 e. The lowest BCUT2D eigenvalue weighted by Gasteiger charge is -2.46. The van der Waals surface area contributed by atoms with Crippen LogP contribution >= 0.6 is 0 Å². The molecule has 2 aliphatic heterocycles. The molecule has 1 aromatic rings. The minimum Gasteiger partial charge on any atom is -0.494 e. The van der Waals surface area contributed by atoms with E-state index in [1.165, 1.54) is 13.2 Å². The number of hydrogen-bond acceptors (Lipinski definition) is 3. The van der Waals surface area contributed by atoms with E-state index < -0.39 is 0 Å². The van der Waals surface area contributed by atoms with Crippen LogP contribution in [0.15, 0.2) is 18.2 Å². The van der Waals surface area contributed by atoms with Crippen LogP contribution in [-0.4, -0.2) is 48.5 Å². The van der Waals surface area contributed by atoms with Crippen LogP contribution in [0.1, 0.15) is 25.3 Å². The first-order valence-corrected chi connectivity index (χ1v) is 7.97. The van der Waals surface area contributed by atoms with Gasteiger partial charge in [-0.2, -0.15) is 0 Å². The molecule has 0 N–H and O–H groups in total. The molecule has 2 saturated heterocycles. The van der Waals surface area contributed by atoms with E-state index in [0.717, 1.165) is 38.0 Å². The van der Waals surface area contributed by atoms with E-state index in [1.54, 1.807) is 12.1 Å². The molecule has 0 spiro atoms. The zero-order chi connectivity index (χ0) is 15.7. The van der Waals surface area contributed by atoms with Crippen LogP contribution < -0.4 is 4.74 Å². The van der Waals surface area contributed by atoms with Gasteiger partial charge in [0.05, 0.1) is 13.2 Å². The van der Waals surface area contributed by atoms with Gasteiger partial charge in [0, 0.05) is 19.6 Å². The Hall–Kier alpha value is -1.62. The third-order valence-corrected chi connectivity index (χ3v) is 4.88. The Balaban J connectivity index is 1.76. The maximum absolute atomic E-state index is 13.5. The Kier molecular flexibility index (Phi) is 4.34. The van der Waals surface area contributed by atoms with Crippen molar-refractivity contribution < 1.29 is 13.9 Å². The summed E-state index contributed by atoms with van der Waals surface area (Å²) in [6.45, 7) is 5.32. The molecule has 4 nitrogen and oxygen atoms in total. The fourth-order valence-electron chi connectivity index (χ4n) is 3.63. The molecule has 2 aliphatic rings. The van der Waals surface area contributed by atoms with E-state index in [-0.39, 0.29) is 23.5 Å². The van der Waals surface area contributed by atoms with E-state index in [2.05, 4.69) is 4.90 Å². The Labute approximate surface area is 130 Å². The summed E-state index contributed by atoms with van der Waals surface area (Å²) in [5.74, 6) is 0.780. The quantitative estimate of drug-likeness (QED) is 0.855. The number of carbonyl (C=O) groups is 1. The lowest BCUT2D eigenvalue weighted by molar-refractivity contribution is -0.145. The second kappa shape index (κ2) is 6.24. The second-order valence-electron chi connectivity index (χ2n) is 6.22. The fraction of sp³-hybridized carbons (Fsp3) is 0.588. The molecule has 0 aliphatic carbocycles. The van der Waals surface area contributed by atoms with Gasteiger partial charge in [-0.15, -0.1) is 0 Å². The smallest absolute Gasteiger partial charge is 0.239 e. The van der Waals surface area contributed by atoms with E-state index in [9.17, 15) is 9.18 Å². The highest BCUT2D eigenvalue weighted by atomic mass is 19.1. The number of halogens is 1. The average molecular weight is 306 g/mol. The molecule has 22 heavy (non-hydrogen) atoms. The third-order valence-electron chi connectivity index (χ3n) is 4.88. The summed E-state index contributed by atoms with van der Waals surface area (Å²) in [6, 6.07) is 4.91. The average Bonchev–Trinajstić information content (AvgIpc) is 2.54. The number of rotatable bonds is 4. The number of ether oxygens (including phenoxy) is 1. The lowest BCUT2D eigenvalue weighted by atomic mass is 9.85. The molecule has 2 fully saturated rings. The van der Waals surface area contributed by atoms with Gasteiger partial charge in [0.15, 0.2) is 11.6 Å². The van der Waals surface area contributed by atoms with E-state index in [0.29, 0.717) is 12.5 Å². The largest absolute Gasteiger partial charge is 0.494 e. The number of benzene rings is 1. The van der Waals surface area contributed by atoms with Crippen molar-refractivity contribution in [3.05, 3.63) is 29.6 Å². The normalized spacial score (nSPS) is 25.4. The summed E-state index contributed by atoms with van der Waals surface area (Å²) < 4.78 is 18.6. The number of nitrogens with zero attached hydrogens (tertiary/aromatic N) is 2. The molecular weight excluding hydrogens is 283 g/mol. The van der Waals surface area contributed by atoms with Gasteiger partial charge in [0.1, 0.15) is 0 Å². The number of methoxy groups -OCH3 is 1. The topological polar surface area (TPSA) is 32.8 Å². The van der Waals surface area contributed by atoms with Crippen molar-refractivity contribution in [2.45, 2.75) is 32.4 Å². The first-order chi connectivity index (χ1) is 10.6. The highest BCUT2D eigenvalue weighted by Crippen LogP contribution is 2.31. The van der Waals surface area contributed by atoms with Gasteiger partial charge < -0.3 is 9.64 Å². The monoisotopic (exact) mass is 306 g/mol. The van der Waals surface area contributed by atoms with Gasteiger partial charge in [-0.25, -0.2) is 4.39 Å². The van der Waals surface area contributed by atoms with Gasteiger partial charge in [-0.05, 0) is 49.9 Å². The SMILES string of the molecule is CCN1C[C@H]2CCN(Cc3ccc(F)c(OC)c3)[C@H](C2)C1=O. The van der Waals surface area contributed by atoms with Gasteiger partial charge in [-0.3, -0.25) is 9.69 Å². The van der Waals surface area contributed by atoms with E-state index in [1.807, 2.05) is 11.8 Å². The van der Waals surface area contributed by atoms with Crippen LogP contribution in [0.2, 0.25) is 0 Å². The molecule has 2 heterocycles. The Morgan fingerprint density at radius 2 is 2.23 bits per heavy atom. The van der Waals surface area contributed by atoms with Gasteiger partial charge in [0.25, 0.3) is 0 Å². The van der Waals surface area contributed by atoms with Crippen molar-refractivity contribution in [1.29, 1.82) is 0 Å². The molecule has 1 aromatic carbocycles. The summed E-state index contributed by atoms with van der Waals surface area (Å²) in [7, 11) is 1.47. The molecule has 1 amide bonds. The Morgan fingerprint density at radius 3 is 2.95 bits per heavy atom. The van der Waals surface area contributed by atoms with Crippen molar-refractivity contribution in [3.63, 3.8) is 0 Å². The molecule has 5 heteroatoms. The van der Waals surface area contributed by atoms with E-state index in [4.69, 9.17) is 4.74 Å². The van der Waals surface area contributed by atoms with Crippen molar-refractivity contribution in [2.24, 2.45) is 5.92 Å². The van der Waals surface area contributed by atoms with Crippen molar-refractivity contribution in [1.82, 2.24) is 9.80 Å². The summed E-state index contributed by atoms with van der Waals surface area (Å²) in [5.41, 5.74) is 0.984. The number of hydrogen-bond donors (Lipinski definition) is 0. The molecule has 0 radical (unpaired) electrons. The number of likely N-dealkylation sites (N-methyl/N-ethyl adjacent to an activating group) is 1. The summed E-state index contributed by atoms with van der Waals surface area (Å²) >= 11 is 0. The first-order valence-electron chi connectivity index (χ1n) is 7.97. The van der Waals surface area contributed by atoms with Gasteiger partial charge >= 0.3 is 0 Å². The van der Waals surface area contributed by atoms with Crippen LogP contribution in [0.25, 0.3) is 0 Å². The molecule has 2 atom stereocenters. The summed E-state index contributed by atoms with van der Waals surface area (Å²) in [6.07, 6.45) is 2.08. The highest BCUT2D eigenvalue weighted by Gasteiger charge is 2.40. The standard InChI is InChI=1S/C17H23FN2O2/c1-3-19-10-13-6-7-20(15(8-13)17(19)21)11-12-4-5-14(18)16(9-12)22-2/h4-5,9,13,15H,3,6-8,10-11H2,1-2H3/t13-,15+/m0/s1. The van der Waals surface area contributed by atoms with Crippen LogP contribution in [0, 0.1) is 11.7 Å². The predicted molar refractivity (Wildman–Crippen MR) is 82.1 cm³/mol. The number of piperidine rings is 2.